The number of hydrogen-bond acceptors (Lipinski definition) is 10. The zero-order valence-electron chi connectivity index (χ0n) is 29.8. The van der Waals surface area contributed by atoms with Crippen LogP contribution in [0.15, 0.2) is 54.9 Å². The number of carbonyl (C=O) groups excluding carboxylic acids is 1. The molecule has 16 heteroatoms. The van der Waals surface area contributed by atoms with Gasteiger partial charge in [0.15, 0.2) is 17.2 Å². The average molecular weight is 776 g/mol. The SMILES string of the molecule is COc1nc(-c2cccc(-c3ccnc(-c4cc(OC)c5nc(CNC6CCC(O)CC6)nn5c4)c3Cl)c2Cl)ccc1CN(C[C@@H]1CCC(=O)N1)C(=O)O. The van der Waals surface area contributed by atoms with Crippen LogP contribution in [0.25, 0.3) is 39.3 Å². The minimum absolute atomic E-state index is 0.0247. The molecule has 1 saturated heterocycles. The zero-order valence-corrected chi connectivity index (χ0v) is 31.3. The molecule has 2 amide bonds. The highest BCUT2D eigenvalue weighted by atomic mass is 35.5. The minimum atomic E-state index is -1.11. The zero-order chi connectivity index (χ0) is 37.9. The third-order valence-corrected chi connectivity index (χ3v) is 10.7. The number of carboxylic acid groups (broad SMARTS) is 1. The lowest BCUT2D eigenvalue weighted by Gasteiger charge is -2.25. The van der Waals surface area contributed by atoms with E-state index in [9.17, 15) is 19.8 Å². The van der Waals surface area contributed by atoms with E-state index in [1.165, 1.54) is 12.0 Å². The summed E-state index contributed by atoms with van der Waals surface area (Å²) >= 11 is 14.2. The Bertz CT molecular complexity index is 2190. The molecule has 0 bridgehead atoms. The molecule has 4 aromatic heterocycles. The molecule has 1 aromatic carbocycles. The molecule has 1 atom stereocenters. The topological polar surface area (TPSA) is 176 Å². The van der Waals surface area contributed by atoms with Crippen LogP contribution in [0.5, 0.6) is 11.6 Å². The second kappa shape index (κ2) is 16.1. The summed E-state index contributed by atoms with van der Waals surface area (Å²) < 4.78 is 13.0. The van der Waals surface area contributed by atoms with Crippen molar-refractivity contribution in [1.82, 2.24) is 40.1 Å². The van der Waals surface area contributed by atoms with E-state index in [2.05, 4.69) is 15.6 Å². The van der Waals surface area contributed by atoms with Crippen LogP contribution in [0.2, 0.25) is 10.0 Å². The number of pyridine rings is 3. The van der Waals surface area contributed by atoms with Gasteiger partial charge in [-0.25, -0.2) is 19.3 Å². The minimum Gasteiger partial charge on any atom is -0.493 e. The first-order chi connectivity index (χ1) is 26.1. The average Bonchev–Trinajstić information content (AvgIpc) is 3.79. The number of amides is 2. The summed E-state index contributed by atoms with van der Waals surface area (Å²) in [7, 11) is 3.05. The van der Waals surface area contributed by atoms with Gasteiger partial charge in [0.1, 0.15) is 0 Å². The van der Waals surface area contributed by atoms with Crippen molar-refractivity contribution < 1.29 is 29.3 Å². The summed E-state index contributed by atoms with van der Waals surface area (Å²) in [5, 5.41) is 31.5. The molecule has 1 aliphatic carbocycles. The lowest BCUT2D eigenvalue weighted by Crippen LogP contribution is -2.41. The van der Waals surface area contributed by atoms with Gasteiger partial charge in [-0.3, -0.25) is 9.78 Å². The van der Waals surface area contributed by atoms with Crippen molar-refractivity contribution >= 4 is 40.8 Å². The summed E-state index contributed by atoms with van der Waals surface area (Å²) in [5.41, 5.74) is 4.73. The fraction of sp³-hybridized carbons (Fsp3) is 0.368. The standard InChI is InChI=1S/C38H40Cl2N8O6/c1-53-30-16-22(19-48-36(30)45-31(46-48)17-42-23-7-10-25(49)11-8-23)35-34(40)27(14-15-41-35)26-4-3-5-28(33(26)39)29-12-6-21(37(44-29)54-2)18-47(38(51)52)20-24-9-13-32(50)43-24/h3-6,12,14-16,19,23-25,42,49H,7-11,13,17-18,20H2,1-2H3,(H,43,50)(H,51,52)/t23?,24-,25?/m0/s1. The Balaban J connectivity index is 1.15. The van der Waals surface area contributed by atoms with E-state index in [1.54, 1.807) is 36.0 Å². The van der Waals surface area contributed by atoms with Gasteiger partial charge in [-0.1, -0.05) is 41.4 Å². The van der Waals surface area contributed by atoms with E-state index >= 15 is 0 Å². The first-order valence-corrected chi connectivity index (χ1v) is 18.5. The van der Waals surface area contributed by atoms with Crippen molar-refractivity contribution in [2.45, 2.75) is 69.8 Å². The maximum absolute atomic E-state index is 12.1. The van der Waals surface area contributed by atoms with E-state index in [4.69, 9.17) is 47.7 Å². The van der Waals surface area contributed by atoms with Crippen LogP contribution in [0.3, 0.4) is 0 Å². The molecule has 4 N–H and O–H groups in total. The molecule has 1 aliphatic heterocycles. The second-order valence-corrected chi connectivity index (χ2v) is 14.3. The number of methoxy groups -OCH3 is 2. The third-order valence-electron chi connectivity index (χ3n) is 9.93. The Morgan fingerprint density at radius 3 is 2.52 bits per heavy atom. The fourth-order valence-electron chi connectivity index (χ4n) is 7.07. The van der Waals surface area contributed by atoms with E-state index < -0.39 is 6.09 Å². The van der Waals surface area contributed by atoms with Crippen molar-refractivity contribution in [1.29, 1.82) is 0 Å². The summed E-state index contributed by atoms with van der Waals surface area (Å²) in [5.74, 6) is 1.30. The van der Waals surface area contributed by atoms with Crippen LogP contribution in [0, 0.1) is 0 Å². The molecular formula is C38H40Cl2N8O6. The monoisotopic (exact) mass is 774 g/mol. The molecule has 7 rings (SSSR count). The number of aliphatic hydroxyl groups excluding tert-OH is 1. The van der Waals surface area contributed by atoms with E-state index in [1.807, 2.05) is 30.5 Å². The number of halogens is 2. The van der Waals surface area contributed by atoms with Crippen molar-refractivity contribution in [3.8, 4) is 45.3 Å². The number of nitrogens with one attached hydrogen (secondary N) is 2. The Kier molecular flexibility index (Phi) is 11.2. The fourth-order valence-corrected chi connectivity index (χ4v) is 7.72. The molecule has 14 nitrogen and oxygen atoms in total. The van der Waals surface area contributed by atoms with Gasteiger partial charge in [-0.05, 0) is 56.4 Å². The van der Waals surface area contributed by atoms with Gasteiger partial charge in [0.2, 0.25) is 11.8 Å². The predicted octanol–water partition coefficient (Wildman–Crippen LogP) is 6.00. The highest BCUT2D eigenvalue weighted by Gasteiger charge is 2.27. The summed E-state index contributed by atoms with van der Waals surface area (Å²) in [4.78, 5) is 39.0. The Morgan fingerprint density at radius 1 is 1.02 bits per heavy atom. The molecule has 1 saturated carbocycles. The van der Waals surface area contributed by atoms with E-state index in [0.717, 1.165) is 25.7 Å². The van der Waals surface area contributed by atoms with Crippen LogP contribution >= 0.6 is 23.2 Å². The first-order valence-electron chi connectivity index (χ1n) is 17.7. The quantitative estimate of drug-likeness (QED) is 0.117. The number of aromatic nitrogens is 5. The largest absolute Gasteiger partial charge is 0.493 e. The van der Waals surface area contributed by atoms with Crippen LogP contribution in [-0.2, 0) is 17.9 Å². The molecule has 2 aliphatic rings. The highest BCUT2D eigenvalue weighted by molar-refractivity contribution is 6.39. The third kappa shape index (κ3) is 7.92. The summed E-state index contributed by atoms with van der Waals surface area (Å²) in [6.45, 7) is 0.659. The van der Waals surface area contributed by atoms with Gasteiger partial charge in [0.25, 0.3) is 0 Å². The predicted molar refractivity (Wildman–Crippen MR) is 203 cm³/mol. The van der Waals surface area contributed by atoms with Crippen molar-refractivity contribution in [2.75, 3.05) is 20.8 Å². The first kappa shape index (κ1) is 37.3. The number of aliphatic hydroxyl groups is 1. The van der Waals surface area contributed by atoms with Gasteiger partial charge < -0.3 is 35.2 Å². The lowest BCUT2D eigenvalue weighted by atomic mass is 9.93. The van der Waals surface area contributed by atoms with Crippen molar-refractivity contribution in [2.24, 2.45) is 0 Å². The van der Waals surface area contributed by atoms with Crippen LogP contribution in [0.1, 0.15) is 49.9 Å². The molecule has 5 heterocycles. The number of fused-ring (bicyclic) bond motifs is 1. The molecule has 2 fully saturated rings. The van der Waals surface area contributed by atoms with Gasteiger partial charge in [0, 0.05) is 65.3 Å². The molecule has 0 unspecified atom stereocenters. The van der Waals surface area contributed by atoms with Crippen LogP contribution in [-0.4, -0.2) is 90.6 Å². The maximum atomic E-state index is 12.1. The number of nitrogens with zero attached hydrogens (tertiary/aromatic N) is 6. The van der Waals surface area contributed by atoms with Crippen LogP contribution < -0.4 is 20.1 Å². The van der Waals surface area contributed by atoms with Crippen LogP contribution in [0.4, 0.5) is 4.79 Å². The Hall–Kier alpha value is -5.02. The number of rotatable bonds is 12. The second-order valence-electron chi connectivity index (χ2n) is 13.5. The van der Waals surface area contributed by atoms with Gasteiger partial charge in [-0.15, -0.1) is 5.10 Å². The molecule has 282 valence electrons. The Morgan fingerprint density at radius 2 is 1.80 bits per heavy atom. The van der Waals surface area contributed by atoms with Gasteiger partial charge in [-0.2, -0.15) is 0 Å². The van der Waals surface area contributed by atoms with Crippen molar-refractivity contribution in [3.05, 3.63) is 76.3 Å². The lowest BCUT2D eigenvalue weighted by molar-refractivity contribution is -0.119. The number of hydrogen-bond donors (Lipinski definition) is 4. The summed E-state index contributed by atoms with van der Waals surface area (Å²) in [6, 6.07) is 12.8. The molecule has 5 aromatic rings. The van der Waals surface area contributed by atoms with E-state index in [-0.39, 0.29) is 37.0 Å². The number of carbonyl (C=O) groups is 2. The normalized spacial score (nSPS) is 18.5. The molecule has 0 radical (unpaired) electrons. The number of ether oxygens (including phenoxy) is 2. The van der Waals surface area contributed by atoms with Crippen molar-refractivity contribution in [3.63, 3.8) is 0 Å². The van der Waals surface area contributed by atoms with Gasteiger partial charge in [0.05, 0.1) is 54.8 Å². The van der Waals surface area contributed by atoms with E-state index in [0.29, 0.717) is 91.9 Å². The highest BCUT2D eigenvalue weighted by Crippen LogP contribution is 2.42. The summed E-state index contributed by atoms with van der Waals surface area (Å²) in [6.07, 6.45) is 6.49. The number of benzene rings is 1. The molecule has 54 heavy (non-hydrogen) atoms. The molecule has 0 spiro atoms. The van der Waals surface area contributed by atoms with Gasteiger partial charge >= 0.3 is 6.09 Å². The Labute approximate surface area is 321 Å². The molecular weight excluding hydrogens is 735 g/mol. The maximum Gasteiger partial charge on any atom is 0.407 e. The smallest absolute Gasteiger partial charge is 0.407 e.